The number of hydrogen-bond acceptors (Lipinski definition) is 6. The zero-order chi connectivity index (χ0) is 18.3. The predicted molar refractivity (Wildman–Crippen MR) is 104 cm³/mol. The molecule has 2 fully saturated rings. The zero-order valence-corrected chi connectivity index (χ0v) is 16.6. The first kappa shape index (κ1) is 17.7. The van der Waals surface area contributed by atoms with Crippen LogP contribution in [0.4, 0.5) is 5.82 Å². The molecule has 0 atom stereocenters. The van der Waals surface area contributed by atoms with E-state index in [2.05, 4.69) is 16.8 Å². The quantitative estimate of drug-likeness (QED) is 0.809. The van der Waals surface area contributed by atoms with Crippen molar-refractivity contribution in [3.8, 4) is 0 Å². The number of fused-ring (bicyclic) bond motifs is 1. The number of carbonyl (C=O) groups is 1. The number of rotatable bonds is 2. The van der Waals surface area contributed by atoms with Gasteiger partial charge in [0.15, 0.2) is 0 Å². The van der Waals surface area contributed by atoms with Crippen LogP contribution in [0.2, 0.25) is 0 Å². The molecule has 7 heteroatoms. The van der Waals surface area contributed by atoms with Gasteiger partial charge in [-0.3, -0.25) is 4.79 Å². The van der Waals surface area contributed by atoms with Gasteiger partial charge in [-0.25, -0.2) is 9.97 Å². The summed E-state index contributed by atoms with van der Waals surface area (Å²) < 4.78 is 5.48. The van der Waals surface area contributed by atoms with Gasteiger partial charge in [0, 0.05) is 26.2 Å². The molecule has 2 aliphatic heterocycles. The van der Waals surface area contributed by atoms with Crippen molar-refractivity contribution >= 4 is 33.3 Å². The van der Waals surface area contributed by atoms with E-state index in [9.17, 15) is 4.79 Å². The van der Waals surface area contributed by atoms with Crippen molar-refractivity contribution in [1.29, 1.82) is 0 Å². The summed E-state index contributed by atoms with van der Waals surface area (Å²) in [5.41, 5.74) is 1.02. The molecule has 0 N–H and O–H groups in total. The van der Waals surface area contributed by atoms with E-state index in [1.165, 1.54) is 11.3 Å². The second-order valence-corrected chi connectivity index (χ2v) is 8.40. The average Bonchev–Trinajstić information content (AvgIpc) is 2.98. The van der Waals surface area contributed by atoms with Gasteiger partial charge in [-0.2, -0.15) is 0 Å². The van der Waals surface area contributed by atoms with E-state index in [0.29, 0.717) is 19.1 Å². The van der Waals surface area contributed by atoms with Gasteiger partial charge < -0.3 is 14.5 Å². The van der Waals surface area contributed by atoms with E-state index >= 15 is 0 Å². The minimum absolute atomic E-state index is 0.156. The van der Waals surface area contributed by atoms with Gasteiger partial charge in [0.05, 0.1) is 23.5 Å². The molecule has 0 aliphatic carbocycles. The summed E-state index contributed by atoms with van der Waals surface area (Å²) >= 11 is 1.52. The van der Waals surface area contributed by atoms with Crippen molar-refractivity contribution in [2.45, 2.75) is 33.6 Å². The number of ether oxygens (including phenoxy) is 1. The Kier molecular flexibility index (Phi) is 4.84. The van der Waals surface area contributed by atoms with Crippen LogP contribution < -0.4 is 4.90 Å². The zero-order valence-electron chi connectivity index (χ0n) is 15.7. The molecule has 2 saturated heterocycles. The molecule has 1 amide bonds. The van der Waals surface area contributed by atoms with Gasteiger partial charge in [0.1, 0.15) is 16.5 Å². The molecule has 2 aliphatic rings. The summed E-state index contributed by atoms with van der Waals surface area (Å²) in [5.74, 6) is 2.58. The fourth-order valence-electron chi connectivity index (χ4n) is 3.78. The minimum Gasteiger partial charge on any atom is -0.378 e. The monoisotopic (exact) mass is 374 g/mol. The Morgan fingerprint density at radius 3 is 2.50 bits per heavy atom. The average molecular weight is 375 g/mol. The molecular weight excluding hydrogens is 348 g/mol. The molecule has 2 aromatic heterocycles. The number of thiophene rings is 1. The smallest absolute Gasteiger partial charge is 0.264 e. The molecule has 140 valence electrons. The van der Waals surface area contributed by atoms with Crippen LogP contribution in [-0.2, 0) is 4.74 Å². The lowest BCUT2D eigenvalue weighted by atomic mass is 9.99. The number of aryl methyl sites for hydroxylation is 2. The Labute approximate surface area is 158 Å². The van der Waals surface area contributed by atoms with Crippen LogP contribution in [0.5, 0.6) is 0 Å². The topological polar surface area (TPSA) is 58.6 Å². The Hall–Kier alpha value is -1.73. The van der Waals surface area contributed by atoms with E-state index in [1.807, 2.05) is 18.7 Å². The standard InChI is InChI=1S/C19H26N4O2S/c1-12-4-6-23(7-5-12)19(24)16-13(2)15-17(22-8-10-25-11-9-22)20-14(3)21-18(15)26-16/h12H,4-11H2,1-3H3. The first-order valence-electron chi connectivity index (χ1n) is 9.44. The number of carbonyl (C=O) groups excluding carboxylic acids is 1. The van der Waals surface area contributed by atoms with Crippen molar-refractivity contribution in [3.63, 3.8) is 0 Å². The van der Waals surface area contributed by atoms with Crippen molar-refractivity contribution in [3.05, 3.63) is 16.3 Å². The third-order valence-electron chi connectivity index (χ3n) is 5.46. The van der Waals surface area contributed by atoms with Crippen LogP contribution in [0, 0.1) is 19.8 Å². The highest BCUT2D eigenvalue weighted by molar-refractivity contribution is 7.20. The van der Waals surface area contributed by atoms with E-state index in [4.69, 9.17) is 9.72 Å². The van der Waals surface area contributed by atoms with Crippen molar-refractivity contribution in [2.24, 2.45) is 5.92 Å². The number of piperidine rings is 1. The molecule has 26 heavy (non-hydrogen) atoms. The molecule has 4 heterocycles. The fraction of sp³-hybridized carbons (Fsp3) is 0.632. The highest BCUT2D eigenvalue weighted by Crippen LogP contribution is 2.36. The number of aromatic nitrogens is 2. The summed E-state index contributed by atoms with van der Waals surface area (Å²) in [6.45, 7) is 11.0. The summed E-state index contributed by atoms with van der Waals surface area (Å²) in [6.07, 6.45) is 2.18. The van der Waals surface area contributed by atoms with Crippen LogP contribution in [0.25, 0.3) is 10.2 Å². The van der Waals surface area contributed by atoms with Gasteiger partial charge in [0.2, 0.25) is 0 Å². The van der Waals surface area contributed by atoms with E-state index < -0.39 is 0 Å². The van der Waals surface area contributed by atoms with Crippen molar-refractivity contribution in [2.75, 3.05) is 44.3 Å². The summed E-state index contributed by atoms with van der Waals surface area (Å²) in [5, 5.41) is 1.04. The molecule has 0 aromatic carbocycles. The Morgan fingerprint density at radius 2 is 1.81 bits per heavy atom. The highest BCUT2D eigenvalue weighted by Gasteiger charge is 2.27. The maximum absolute atomic E-state index is 13.1. The molecule has 0 radical (unpaired) electrons. The van der Waals surface area contributed by atoms with Crippen LogP contribution in [0.3, 0.4) is 0 Å². The number of hydrogen-bond donors (Lipinski definition) is 0. The van der Waals surface area contributed by atoms with Crippen LogP contribution >= 0.6 is 11.3 Å². The molecule has 4 rings (SSSR count). The second-order valence-electron chi connectivity index (χ2n) is 7.40. The van der Waals surface area contributed by atoms with E-state index in [-0.39, 0.29) is 5.91 Å². The molecule has 2 aromatic rings. The molecule has 0 saturated carbocycles. The van der Waals surface area contributed by atoms with Gasteiger partial charge in [-0.15, -0.1) is 11.3 Å². The predicted octanol–water partition coefficient (Wildman–Crippen LogP) is 3.02. The highest BCUT2D eigenvalue weighted by atomic mass is 32.1. The first-order chi connectivity index (χ1) is 12.5. The summed E-state index contributed by atoms with van der Waals surface area (Å²) in [7, 11) is 0. The largest absolute Gasteiger partial charge is 0.378 e. The third-order valence-corrected chi connectivity index (χ3v) is 6.63. The Bertz CT molecular complexity index is 821. The lowest BCUT2D eigenvalue weighted by Gasteiger charge is -2.30. The maximum Gasteiger partial charge on any atom is 0.264 e. The number of anilines is 1. The summed E-state index contributed by atoms with van der Waals surface area (Å²) in [4.78, 5) is 28.5. The van der Waals surface area contributed by atoms with Gasteiger partial charge >= 0.3 is 0 Å². The maximum atomic E-state index is 13.1. The van der Waals surface area contributed by atoms with Crippen molar-refractivity contribution < 1.29 is 9.53 Å². The molecule has 0 bridgehead atoms. The van der Waals surface area contributed by atoms with E-state index in [1.54, 1.807) is 0 Å². The number of amides is 1. The van der Waals surface area contributed by atoms with Crippen LogP contribution in [0.15, 0.2) is 0 Å². The van der Waals surface area contributed by atoms with Gasteiger partial charge in [-0.05, 0) is 38.2 Å². The fourth-order valence-corrected chi connectivity index (χ4v) is 4.97. The first-order valence-corrected chi connectivity index (χ1v) is 10.3. The Morgan fingerprint density at radius 1 is 1.12 bits per heavy atom. The SMILES string of the molecule is Cc1nc(N2CCOCC2)c2c(C)c(C(=O)N3CCC(C)CC3)sc2n1. The lowest BCUT2D eigenvalue weighted by Crippen LogP contribution is -2.38. The molecule has 0 unspecified atom stereocenters. The van der Waals surface area contributed by atoms with E-state index in [0.717, 1.165) is 71.3 Å². The van der Waals surface area contributed by atoms with Gasteiger partial charge in [-0.1, -0.05) is 6.92 Å². The van der Waals surface area contributed by atoms with Crippen LogP contribution in [-0.4, -0.2) is 60.2 Å². The minimum atomic E-state index is 0.156. The van der Waals surface area contributed by atoms with Crippen molar-refractivity contribution in [1.82, 2.24) is 14.9 Å². The number of nitrogens with zero attached hydrogens (tertiary/aromatic N) is 4. The summed E-state index contributed by atoms with van der Waals surface area (Å²) in [6, 6.07) is 0. The second kappa shape index (κ2) is 7.12. The van der Waals surface area contributed by atoms with Crippen LogP contribution in [0.1, 0.15) is 40.8 Å². The number of morpholine rings is 1. The Balaban J connectivity index is 1.73. The lowest BCUT2D eigenvalue weighted by molar-refractivity contribution is 0.0701. The third kappa shape index (κ3) is 3.18. The molecule has 0 spiro atoms. The van der Waals surface area contributed by atoms with Gasteiger partial charge in [0.25, 0.3) is 5.91 Å². The number of likely N-dealkylation sites (tertiary alicyclic amines) is 1. The normalized spacial score (nSPS) is 19.3. The molecule has 6 nitrogen and oxygen atoms in total. The molecular formula is C19H26N4O2S.